The topological polar surface area (TPSA) is 29.5 Å². The molecule has 3 nitrogen and oxygen atoms in total. The van der Waals surface area contributed by atoms with E-state index in [2.05, 4.69) is 46.2 Å². The van der Waals surface area contributed by atoms with Crippen LogP contribution in [0.5, 0.6) is 0 Å². The van der Waals surface area contributed by atoms with Crippen LogP contribution in [0.3, 0.4) is 0 Å². The zero-order valence-corrected chi connectivity index (χ0v) is 14.1. The summed E-state index contributed by atoms with van der Waals surface area (Å²) in [6, 6.07) is 0. The van der Waals surface area contributed by atoms with Gasteiger partial charge in [-0.3, -0.25) is 0 Å². The molecule has 0 saturated heterocycles. The van der Waals surface area contributed by atoms with Crippen LogP contribution in [0.1, 0.15) is 26.7 Å². The van der Waals surface area contributed by atoms with Gasteiger partial charge in [0.1, 0.15) is 12.6 Å². The Morgan fingerprint density at radius 1 is 1.24 bits per heavy atom. The number of nitrogens with zero attached hydrogens (tertiary/aromatic N) is 1. The molecule has 0 aromatic carbocycles. The number of rotatable bonds is 10. The van der Waals surface area contributed by atoms with E-state index in [0.717, 1.165) is 43.6 Å². The zero-order chi connectivity index (χ0) is 15.9. The standard InChI is InChI=1S/C18H34NO2/c1-6-15-10-16(7-2)17(11-15)13-21-14-18(20)12-19(5,8-3)9-4/h6-7,15-18,20H,1-2,8-14H2,3-5H3/q+1. The number of aliphatic hydroxyl groups is 1. The molecule has 1 fully saturated rings. The van der Waals surface area contributed by atoms with Crippen molar-refractivity contribution in [3.05, 3.63) is 25.3 Å². The number of aliphatic hydroxyl groups excluding tert-OH is 1. The van der Waals surface area contributed by atoms with E-state index < -0.39 is 0 Å². The van der Waals surface area contributed by atoms with Crippen molar-refractivity contribution in [3.8, 4) is 0 Å². The van der Waals surface area contributed by atoms with Crippen LogP contribution in [0.2, 0.25) is 0 Å². The van der Waals surface area contributed by atoms with Gasteiger partial charge in [0.05, 0.1) is 33.4 Å². The molecule has 0 spiro atoms. The van der Waals surface area contributed by atoms with Gasteiger partial charge in [0.25, 0.3) is 0 Å². The normalized spacial score (nSPS) is 27.5. The lowest BCUT2D eigenvalue weighted by atomic mass is 9.97. The Morgan fingerprint density at radius 3 is 2.43 bits per heavy atom. The van der Waals surface area contributed by atoms with Crippen molar-refractivity contribution in [2.24, 2.45) is 17.8 Å². The molecule has 0 amide bonds. The number of likely N-dealkylation sites (N-methyl/N-ethyl adjacent to an activating group) is 1. The maximum Gasteiger partial charge on any atom is 0.126 e. The van der Waals surface area contributed by atoms with Crippen molar-refractivity contribution in [2.75, 3.05) is 39.9 Å². The van der Waals surface area contributed by atoms with Crippen molar-refractivity contribution in [1.82, 2.24) is 0 Å². The van der Waals surface area contributed by atoms with E-state index in [1.165, 1.54) is 0 Å². The van der Waals surface area contributed by atoms with Gasteiger partial charge in [-0.15, -0.1) is 13.2 Å². The summed E-state index contributed by atoms with van der Waals surface area (Å²) in [7, 11) is 2.18. The summed E-state index contributed by atoms with van der Waals surface area (Å²) in [4.78, 5) is 0. The predicted molar refractivity (Wildman–Crippen MR) is 89.1 cm³/mol. The van der Waals surface area contributed by atoms with Crippen LogP contribution in [0, 0.1) is 17.8 Å². The lowest BCUT2D eigenvalue weighted by Gasteiger charge is -2.34. The first-order valence-corrected chi connectivity index (χ1v) is 8.32. The maximum absolute atomic E-state index is 10.2. The molecule has 0 aromatic rings. The first-order valence-electron chi connectivity index (χ1n) is 8.32. The average molecular weight is 296 g/mol. The molecule has 1 saturated carbocycles. The van der Waals surface area contributed by atoms with Gasteiger partial charge in [-0.2, -0.15) is 0 Å². The largest absolute Gasteiger partial charge is 0.385 e. The number of allylic oxidation sites excluding steroid dienone is 2. The second-order valence-corrected chi connectivity index (χ2v) is 6.75. The predicted octanol–water partition coefficient (Wildman–Crippen LogP) is 2.86. The number of ether oxygens (including phenoxy) is 1. The Kier molecular flexibility index (Phi) is 7.64. The van der Waals surface area contributed by atoms with Crippen molar-refractivity contribution in [2.45, 2.75) is 32.8 Å². The molecule has 0 radical (unpaired) electrons. The highest BCUT2D eigenvalue weighted by Gasteiger charge is 2.31. The Morgan fingerprint density at radius 2 is 1.90 bits per heavy atom. The molecule has 0 aromatic heterocycles. The van der Waals surface area contributed by atoms with Gasteiger partial charge >= 0.3 is 0 Å². The molecule has 0 bridgehead atoms. The molecule has 0 aliphatic heterocycles. The van der Waals surface area contributed by atoms with E-state index in [9.17, 15) is 5.11 Å². The van der Waals surface area contributed by atoms with E-state index in [1.807, 2.05) is 0 Å². The van der Waals surface area contributed by atoms with Gasteiger partial charge in [-0.25, -0.2) is 0 Å². The van der Waals surface area contributed by atoms with Crippen LogP contribution in [0.15, 0.2) is 25.3 Å². The number of quaternary nitrogens is 1. The third kappa shape index (κ3) is 5.57. The van der Waals surface area contributed by atoms with E-state index in [0.29, 0.717) is 24.4 Å². The van der Waals surface area contributed by atoms with Crippen LogP contribution < -0.4 is 0 Å². The van der Waals surface area contributed by atoms with Gasteiger partial charge in [0.2, 0.25) is 0 Å². The molecular weight excluding hydrogens is 262 g/mol. The summed E-state index contributed by atoms with van der Waals surface area (Å²) in [6.07, 6.45) is 6.00. The molecule has 4 atom stereocenters. The van der Waals surface area contributed by atoms with Crippen LogP contribution >= 0.6 is 0 Å². The van der Waals surface area contributed by atoms with Crippen molar-refractivity contribution < 1.29 is 14.3 Å². The second-order valence-electron chi connectivity index (χ2n) is 6.75. The van der Waals surface area contributed by atoms with Gasteiger partial charge in [0.15, 0.2) is 0 Å². The highest BCUT2D eigenvalue weighted by molar-refractivity contribution is 4.97. The van der Waals surface area contributed by atoms with E-state index >= 15 is 0 Å². The fourth-order valence-electron chi connectivity index (χ4n) is 3.27. The lowest BCUT2D eigenvalue weighted by molar-refractivity contribution is -0.909. The quantitative estimate of drug-likeness (QED) is 0.496. The molecule has 1 aliphatic rings. The molecule has 3 heteroatoms. The fourth-order valence-corrected chi connectivity index (χ4v) is 3.27. The Labute approximate surface area is 130 Å². The fraction of sp³-hybridized carbons (Fsp3) is 0.778. The highest BCUT2D eigenvalue weighted by atomic mass is 16.5. The molecule has 4 unspecified atom stereocenters. The van der Waals surface area contributed by atoms with Crippen LogP contribution in [-0.2, 0) is 4.74 Å². The molecule has 21 heavy (non-hydrogen) atoms. The zero-order valence-electron chi connectivity index (χ0n) is 14.1. The minimum atomic E-state index is -0.381. The van der Waals surface area contributed by atoms with Crippen LogP contribution in [-0.4, -0.2) is 55.6 Å². The third-order valence-corrected chi connectivity index (χ3v) is 5.24. The van der Waals surface area contributed by atoms with E-state index in [1.54, 1.807) is 0 Å². The van der Waals surface area contributed by atoms with Crippen LogP contribution in [0.4, 0.5) is 0 Å². The third-order valence-electron chi connectivity index (χ3n) is 5.24. The summed E-state index contributed by atoms with van der Waals surface area (Å²) in [5, 5.41) is 10.2. The molecule has 1 aliphatic carbocycles. The monoisotopic (exact) mass is 296 g/mol. The Balaban J connectivity index is 2.32. The highest BCUT2D eigenvalue weighted by Crippen LogP contribution is 2.37. The van der Waals surface area contributed by atoms with Crippen molar-refractivity contribution in [1.29, 1.82) is 0 Å². The minimum absolute atomic E-state index is 0.381. The van der Waals surface area contributed by atoms with Crippen molar-refractivity contribution in [3.63, 3.8) is 0 Å². The summed E-state index contributed by atoms with van der Waals surface area (Å²) >= 11 is 0. The van der Waals surface area contributed by atoms with Gasteiger partial charge in [-0.1, -0.05) is 12.2 Å². The summed E-state index contributed by atoms with van der Waals surface area (Å²) in [6.45, 7) is 16.2. The molecule has 0 heterocycles. The molecular formula is C18H34NO2+. The van der Waals surface area contributed by atoms with E-state index in [4.69, 9.17) is 4.74 Å². The summed E-state index contributed by atoms with van der Waals surface area (Å²) in [5.74, 6) is 1.64. The molecule has 1 rings (SSSR count). The first-order chi connectivity index (χ1) is 9.97. The average Bonchev–Trinajstić information content (AvgIpc) is 2.89. The van der Waals surface area contributed by atoms with Gasteiger partial charge in [0, 0.05) is 0 Å². The van der Waals surface area contributed by atoms with Gasteiger partial charge in [-0.05, 0) is 44.4 Å². The van der Waals surface area contributed by atoms with Crippen molar-refractivity contribution >= 4 is 0 Å². The Hall–Kier alpha value is -0.640. The maximum atomic E-state index is 10.2. The molecule has 1 N–H and O–H groups in total. The second kappa shape index (κ2) is 8.72. The SMILES string of the molecule is C=CC1CC(C=C)C(COCC(O)C[N+](C)(CC)CC)C1. The van der Waals surface area contributed by atoms with Crippen LogP contribution in [0.25, 0.3) is 0 Å². The summed E-state index contributed by atoms with van der Waals surface area (Å²) < 4.78 is 6.69. The summed E-state index contributed by atoms with van der Waals surface area (Å²) in [5.41, 5.74) is 0. The minimum Gasteiger partial charge on any atom is -0.385 e. The first kappa shape index (κ1) is 18.4. The molecule has 122 valence electrons. The number of hydrogen-bond donors (Lipinski definition) is 1. The van der Waals surface area contributed by atoms with Gasteiger partial charge < -0.3 is 14.3 Å². The smallest absolute Gasteiger partial charge is 0.126 e. The van der Waals surface area contributed by atoms with E-state index in [-0.39, 0.29) is 6.10 Å². The number of hydrogen-bond acceptors (Lipinski definition) is 2. The Bertz CT molecular complexity index is 325. The lowest BCUT2D eigenvalue weighted by Crippen LogP contribution is -2.49.